The van der Waals surface area contributed by atoms with Gasteiger partial charge in [0.05, 0.1) is 5.69 Å². The molecule has 0 aliphatic rings. The number of nitrogens with zero attached hydrogens (tertiary/aromatic N) is 1. The van der Waals surface area contributed by atoms with Crippen molar-refractivity contribution in [1.82, 2.24) is 10.0 Å². The minimum atomic E-state index is -1.27. The number of hydroxylamine groups is 1. The first kappa shape index (κ1) is 34.6. The minimum absolute atomic E-state index is 0.0612. The standard InChI is InChI=1S/C42H46N2O4/c1-32(45)40-30-35(26-27-41(46)43-48)39(28-29-42(47,37-22-10-4-11-23-37)38-24-12-5-13-25-38)44(40)31-36-21-15-14-20-34(36)19-9-3-8-18-33-16-6-2-7-17-33/h2,4-7,10-17,20-25,30,47-48H,3,8-9,18-19,26-29,31H2,1H3,(H,43,46). The van der Waals surface area contributed by atoms with E-state index in [0.717, 1.165) is 60.1 Å². The number of amides is 1. The Morgan fingerprint density at radius 2 is 1.23 bits per heavy atom. The molecule has 0 radical (unpaired) electrons. The van der Waals surface area contributed by atoms with Gasteiger partial charge in [-0.15, -0.1) is 0 Å². The molecular weight excluding hydrogens is 596 g/mol. The molecule has 6 heteroatoms. The number of rotatable bonds is 17. The second-order valence-corrected chi connectivity index (χ2v) is 12.6. The van der Waals surface area contributed by atoms with Gasteiger partial charge in [-0.3, -0.25) is 14.8 Å². The van der Waals surface area contributed by atoms with Crippen LogP contribution in [-0.2, 0) is 42.6 Å². The van der Waals surface area contributed by atoms with Crippen molar-refractivity contribution in [3.63, 3.8) is 0 Å². The summed E-state index contributed by atoms with van der Waals surface area (Å²) in [7, 11) is 0. The molecule has 0 aliphatic heterocycles. The van der Waals surface area contributed by atoms with E-state index in [9.17, 15) is 19.9 Å². The summed E-state index contributed by atoms with van der Waals surface area (Å²) < 4.78 is 2.08. The molecule has 0 unspecified atom stereocenters. The van der Waals surface area contributed by atoms with E-state index in [1.807, 2.05) is 72.8 Å². The molecule has 1 aromatic heterocycles. The summed E-state index contributed by atoms with van der Waals surface area (Å²) in [6.45, 7) is 2.08. The third-order valence-corrected chi connectivity index (χ3v) is 9.33. The number of unbranched alkanes of at least 4 members (excludes halogenated alkanes) is 2. The number of carbonyl (C=O) groups is 2. The Balaban J connectivity index is 1.43. The van der Waals surface area contributed by atoms with Crippen molar-refractivity contribution in [2.24, 2.45) is 0 Å². The zero-order chi connectivity index (χ0) is 33.8. The normalized spacial score (nSPS) is 11.4. The molecule has 0 atom stereocenters. The second kappa shape index (κ2) is 16.9. The Hall–Kier alpha value is -4.78. The maximum Gasteiger partial charge on any atom is 0.243 e. The fourth-order valence-electron chi connectivity index (χ4n) is 6.71. The van der Waals surface area contributed by atoms with Crippen molar-refractivity contribution < 1.29 is 19.9 Å². The second-order valence-electron chi connectivity index (χ2n) is 12.6. The Labute approximate surface area is 284 Å². The topological polar surface area (TPSA) is 91.6 Å². The number of carbonyl (C=O) groups excluding carboxylic acids is 2. The lowest BCUT2D eigenvalue weighted by molar-refractivity contribution is -0.129. The van der Waals surface area contributed by atoms with Crippen molar-refractivity contribution in [1.29, 1.82) is 0 Å². The molecule has 0 aliphatic carbocycles. The highest BCUT2D eigenvalue weighted by Crippen LogP contribution is 2.35. The molecule has 5 rings (SSSR count). The van der Waals surface area contributed by atoms with Crippen molar-refractivity contribution >= 4 is 11.7 Å². The van der Waals surface area contributed by atoms with E-state index >= 15 is 0 Å². The third kappa shape index (κ3) is 8.77. The number of nitrogens with one attached hydrogen (secondary N) is 1. The van der Waals surface area contributed by atoms with Gasteiger partial charge in [-0.2, -0.15) is 0 Å². The minimum Gasteiger partial charge on any atom is -0.380 e. The highest BCUT2D eigenvalue weighted by molar-refractivity contribution is 5.93. The van der Waals surface area contributed by atoms with Crippen molar-refractivity contribution in [2.75, 3.05) is 0 Å². The highest BCUT2D eigenvalue weighted by Gasteiger charge is 2.32. The summed E-state index contributed by atoms with van der Waals surface area (Å²) in [4.78, 5) is 25.2. The highest BCUT2D eigenvalue weighted by atomic mass is 16.5. The summed E-state index contributed by atoms with van der Waals surface area (Å²) in [6, 6.07) is 40.3. The number of aromatic nitrogens is 1. The molecule has 48 heavy (non-hydrogen) atoms. The van der Waals surface area contributed by atoms with Gasteiger partial charge >= 0.3 is 0 Å². The van der Waals surface area contributed by atoms with Crippen molar-refractivity contribution in [2.45, 2.75) is 76.9 Å². The molecule has 3 N–H and O–H groups in total. The summed E-state index contributed by atoms with van der Waals surface area (Å²) in [5, 5.41) is 21.5. The van der Waals surface area contributed by atoms with Gasteiger partial charge in [0, 0.05) is 25.6 Å². The van der Waals surface area contributed by atoms with Gasteiger partial charge < -0.3 is 9.67 Å². The Morgan fingerprint density at radius 1 is 0.667 bits per heavy atom. The zero-order valence-corrected chi connectivity index (χ0v) is 27.8. The van der Waals surface area contributed by atoms with E-state index in [1.54, 1.807) is 12.4 Å². The average molecular weight is 643 g/mol. The molecule has 5 aromatic rings. The van der Waals surface area contributed by atoms with E-state index in [4.69, 9.17) is 0 Å². The maximum absolute atomic E-state index is 13.1. The number of aryl methyl sites for hydroxylation is 3. The molecule has 4 aromatic carbocycles. The number of ketones is 1. The first-order valence-electron chi connectivity index (χ1n) is 17.0. The average Bonchev–Trinajstić information content (AvgIpc) is 3.48. The summed E-state index contributed by atoms with van der Waals surface area (Å²) in [6.07, 6.45) is 6.62. The third-order valence-electron chi connectivity index (χ3n) is 9.33. The quantitative estimate of drug-likeness (QED) is 0.0415. The smallest absolute Gasteiger partial charge is 0.243 e. The van der Waals surface area contributed by atoms with Crippen molar-refractivity contribution in [3.05, 3.63) is 166 Å². The largest absolute Gasteiger partial charge is 0.380 e. The predicted octanol–water partition coefficient (Wildman–Crippen LogP) is 8.00. The van der Waals surface area contributed by atoms with Gasteiger partial charge in [0.1, 0.15) is 5.60 Å². The number of Topliss-reactive ketones (excluding diaryl/α,β-unsaturated/α-hetero) is 1. The van der Waals surface area contributed by atoms with Crippen LogP contribution in [0.2, 0.25) is 0 Å². The van der Waals surface area contributed by atoms with Crippen LogP contribution in [0.3, 0.4) is 0 Å². The van der Waals surface area contributed by atoms with Crippen LogP contribution in [0.4, 0.5) is 0 Å². The molecule has 1 amide bonds. The lowest BCUT2D eigenvalue weighted by atomic mass is 9.82. The van der Waals surface area contributed by atoms with E-state index in [1.165, 1.54) is 11.1 Å². The molecule has 0 fully saturated rings. The summed E-state index contributed by atoms with van der Waals surface area (Å²) >= 11 is 0. The summed E-state index contributed by atoms with van der Waals surface area (Å²) in [5.41, 5.74) is 8.18. The van der Waals surface area contributed by atoms with Crippen LogP contribution in [0.5, 0.6) is 0 Å². The van der Waals surface area contributed by atoms with Crippen LogP contribution >= 0.6 is 0 Å². The van der Waals surface area contributed by atoms with E-state index in [-0.39, 0.29) is 12.2 Å². The lowest BCUT2D eigenvalue weighted by Gasteiger charge is -2.30. The molecule has 0 saturated carbocycles. The maximum atomic E-state index is 13.1. The van der Waals surface area contributed by atoms with Crippen LogP contribution in [0, 0.1) is 0 Å². The molecule has 1 heterocycles. The number of benzene rings is 4. The van der Waals surface area contributed by atoms with E-state index in [0.29, 0.717) is 31.5 Å². The van der Waals surface area contributed by atoms with Gasteiger partial charge in [0.25, 0.3) is 0 Å². The van der Waals surface area contributed by atoms with Gasteiger partial charge in [0.15, 0.2) is 5.78 Å². The first-order valence-corrected chi connectivity index (χ1v) is 17.0. The predicted molar refractivity (Wildman–Crippen MR) is 190 cm³/mol. The molecule has 0 saturated heterocycles. The Morgan fingerprint density at radius 3 is 1.83 bits per heavy atom. The molecule has 6 nitrogen and oxygen atoms in total. The van der Waals surface area contributed by atoms with Gasteiger partial charge in [-0.1, -0.05) is 122 Å². The molecule has 248 valence electrons. The van der Waals surface area contributed by atoms with Gasteiger partial charge in [0.2, 0.25) is 5.91 Å². The van der Waals surface area contributed by atoms with Crippen LogP contribution in [0.15, 0.2) is 121 Å². The number of hydrogen-bond acceptors (Lipinski definition) is 4. The lowest BCUT2D eigenvalue weighted by Crippen LogP contribution is -2.28. The SMILES string of the molecule is CC(=O)c1cc(CCC(=O)NO)c(CCC(O)(c2ccccc2)c2ccccc2)n1Cc1ccccc1CCCCCc1ccccc1. The molecular formula is C42H46N2O4. The summed E-state index contributed by atoms with van der Waals surface area (Å²) in [5.74, 6) is -0.547. The fraction of sp³-hybridized carbons (Fsp3) is 0.286. The van der Waals surface area contributed by atoms with Gasteiger partial charge in [-0.25, -0.2) is 5.48 Å². The van der Waals surface area contributed by atoms with Crippen LogP contribution in [0.25, 0.3) is 0 Å². The first-order chi connectivity index (χ1) is 23.4. The number of hydrogen-bond donors (Lipinski definition) is 3. The van der Waals surface area contributed by atoms with Crippen LogP contribution in [0.1, 0.15) is 88.6 Å². The van der Waals surface area contributed by atoms with E-state index < -0.39 is 11.5 Å². The molecule has 0 spiro atoms. The number of aliphatic hydroxyl groups is 1. The van der Waals surface area contributed by atoms with Crippen LogP contribution < -0.4 is 5.48 Å². The Kier molecular flexibility index (Phi) is 12.1. The van der Waals surface area contributed by atoms with Gasteiger partial charge in [-0.05, 0) is 84.4 Å². The Bertz CT molecular complexity index is 1720. The van der Waals surface area contributed by atoms with Crippen molar-refractivity contribution in [3.8, 4) is 0 Å². The monoisotopic (exact) mass is 642 g/mol. The molecule has 0 bridgehead atoms. The van der Waals surface area contributed by atoms with E-state index in [2.05, 4.69) is 53.1 Å². The fourth-order valence-corrected chi connectivity index (χ4v) is 6.71. The van der Waals surface area contributed by atoms with Crippen LogP contribution in [-0.4, -0.2) is 26.6 Å². The zero-order valence-electron chi connectivity index (χ0n) is 27.8.